The fourth-order valence-corrected chi connectivity index (χ4v) is 1.60. The summed E-state index contributed by atoms with van der Waals surface area (Å²) in [6.07, 6.45) is 4.19. The number of hydrogen-bond donors (Lipinski definition) is 0. The lowest BCUT2D eigenvalue weighted by Gasteiger charge is -2.02. The Balaban J connectivity index is 2.52. The fraction of sp³-hybridized carbons (Fsp3) is 0.556. The topological polar surface area (TPSA) is 25.8 Å². The van der Waals surface area contributed by atoms with Crippen molar-refractivity contribution in [1.29, 1.82) is 0 Å². The highest BCUT2D eigenvalue weighted by atomic mass is 14.8. The highest BCUT2D eigenvalue weighted by molar-refractivity contribution is 5.22. The summed E-state index contributed by atoms with van der Waals surface area (Å²) in [7, 11) is 0. The van der Waals surface area contributed by atoms with E-state index in [1.54, 1.807) is 0 Å². The lowest BCUT2D eigenvalue weighted by Crippen LogP contribution is -1.96. The van der Waals surface area contributed by atoms with Crippen LogP contribution in [0.25, 0.3) is 0 Å². The first kappa shape index (κ1) is 6.77. The van der Waals surface area contributed by atoms with Crippen molar-refractivity contribution in [3.05, 3.63) is 23.3 Å². The average Bonchev–Trinajstić information content (AvgIpc) is 2.33. The molecule has 1 aromatic rings. The summed E-state index contributed by atoms with van der Waals surface area (Å²) in [5.41, 5.74) is 3.48. The zero-order valence-corrected chi connectivity index (χ0v) is 6.96. The van der Waals surface area contributed by atoms with Crippen molar-refractivity contribution in [2.75, 3.05) is 0 Å². The van der Waals surface area contributed by atoms with E-state index >= 15 is 0 Å². The number of aryl methyl sites for hydroxylation is 2. The van der Waals surface area contributed by atoms with Crippen LogP contribution in [0, 0.1) is 6.92 Å². The third kappa shape index (κ3) is 1.02. The molecule has 58 valence electrons. The molecule has 0 saturated carbocycles. The second-order valence-electron chi connectivity index (χ2n) is 3.28. The van der Waals surface area contributed by atoms with Crippen molar-refractivity contribution in [1.82, 2.24) is 9.97 Å². The molecule has 1 aliphatic carbocycles. The van der Waals surface area contributed by atoms with E-state index in [1.807, 2.05) is 13.1 Å². The second-order valence-corrected chi connectivity index (χ2v) is 3.28. The molecule has 0 aliphatic heterocycles. The minimum atomic E-state index is 0.623. The quantitative estimate of drug-likeness (QED) is 0.561. The number of aromatic nitrogens is 2. The van der Waals surface area contributed by atoms with E-state index in [9.17, 15) is 0 Å². The molecule has 0 spiro atoms. The maximum Gasteiger partial charge on any atom is 0.0650 e. The van der Waals surface area contributed by atoms with Gasteiger partial charge < -0.3 is 0 Å². The van der Waals surface area contributed by atoms with E-state index in [4.69, 9.17) is 0 Å². The van der Waals surface area contributed by atoms with Gasteiger partial charge >= 0.3 is 0 Å². The Labute approximate surface area is 66.7 Å². The molecule has 0 fully saturated rings. The highest BCUT2D eigenvalue weighted by Crippen LogP contribution is 2.28. The largest absolute Gasteiger partial charge is 0.258 e. The summed E-state index contributed by atoms with van der Waals surface area (Å²) in [4.78, 5) is 8.82. The van der Waals surface area contributed by atoms with Gasteiger partial charge in [-0.15, -0.1) is 0 Å². The monoisotopic (exact) mass is 148 g/mol. The zero-order valence-electron chi connectivity index (χ0n) is 6.96. The SMILES string of the molecule is Cc1cnc2c(n1)[C@H](C)CC2. The molecule has 0 amide bonds. The van der Waals surface area contributed by atoms with Crippen molar-refractivity contribution in [3.8, 4) is 0 Å². The Morgan fingerprint density at radius 2 is 2.36 bits per heavy atom. The summed E-state index contributed by atoms with van der Waals surface area (Å²) in [6.45, 7) is 4.22. The molecular formula is C9H12N2. The van der Waals surface area contributed by atoms with Gasteiger partial charge in [-0.05, 0) is 19.8 Å². The Morgan fingerprint density at radius 1 is 1.55 bits per heavy atom. The van der Waals surface area contributed by atoms with Crippen LogP contribution in [0.5, 0.6) is 0 Å². The Bertz CT molecular complexity index is 281. The average molecular weight is 148 g/mol. The van der Waals surface area contributed by atoms with Crippen molar-refractivity contribution >= 4 is 0 Å². The summed E-state index contributed by atoms with van der Waals surface area (Å²) in [5.74, 6) is 0.623. The molecule has 1 atom stereocenters. The molecule has 1 aromatic heterocycles. The number of nitrogens with zero attached hydrogens (tertiary/aromatic N) is 2. The van der Waals surface area contributed by atoms with Crippen LogP contribution >= 0.6 is 0 Å². The standard InChI is InChI=1S/C9H12N2/c1-6-3-4-8-9(6)11-7(2)5-10-8/h5-6H,3-4H2,1-2H3/t6-/m1/s1. The molecular weight excluding hydrogens is 136 g/mol. The van der Waals surface area contributed by atoms with Gasteiger partial charge in [-0.2, -0.15) is 0 Å². The molecule has 2 nitrogen and oxygen atoms in total. The van der Waals surface area contributed by atoms with E-state index < -0.39 is 0 Å². The van der Waals surface area contributed by atoms with Crippen LogP contribution in [0.4, 0.5) is 0 Å². The van der Waals surface area contributed by atoms with E-state index in [1.165, 1.54) is 17.8 Å². The van der Waals surface area contributed by atoms with Gasteiger partial charge in [0, 0.05) is 12.1 Å². The predicted molar refractivity (Wildman–Crippen MR) is 43.5 cm³/mol. The molecule has 0 bridgehead atoms. The maximum absolute atomic E-state index is 4.47. The Hall–Kier alpha value is -0.920. The molecule has 2 heteroatoms. The lowest BCUT2D eigenvalue weighted by molar-refractivity contribution is 0.729. The maximum atomic E-state index is 4.47. The summed E-state index contributed by atoms with van der Waals surface area (Å²) >= 11 is 0. The summed E-state index contributed by atoms with van der Waals surface area (Å²) in [5, 5.41) is 0. The van der Waals surface area contributed by atoms with Crippen LogP contribution in [0.1, 0.15) is 36.3 Å². The van der Waals surface area contributed by atoms with Gasteiger partial charge in [0.05, 0.1) is 17.1 Å². The number of hydrogen-bond acceptors (Lipinski definition) is 2. The first-order valence-electron chi connectivity index (χ1n) is 4.10. The van der Waals surface area contributed by atoms with Crippen LogP contribution in [-0.2, 0) is 6.42 Å². The molecule has 1 aliphatic rings. The first-order chi connectivity index (χ1) is 5.27. The van der Waals surface area contributed by atoms with Gasteiger partial charge in [-0.1, -0.05) is 6.92 Å². The summed E-state index contributed by atoms with van der Waals surface area (Å²) in [6, 6.07) is 0. The number of fused-ring (bicyclic) bond motifs is 1. The first-order valence-corrected chi connectivity index (χ1v) is 4.10. The molecule has 0 saturated heterocycles. The molecule has 2 rings (SSSR count). The van der Waals surface area contributed by atoms with Crippen LogP contribution < -0.4 is 0 Å². The van der Waals surface area contributed by atoms with E-state index in [0.717, 1.165) is 12.1 Å². The molecule has 0 aromatic carbocycles. The Kier molecular flexibility index (Phi) is 1.41. The third-order valence-corrected chi connectivity index (χ3v) is 2.28. The van der Waals surface area contributed by atoms with Gasteiger partial charge in [0.25, 0.3) is 0 Å². The van der Waals surface area contributed by atoms with Crippen molar-refractivity contribution in [2.24, 2.45) is 0 Å². The Morgan fingerprint density at radius 3 is 3.18 bits per heavy atom. The van der Waals surface area contributed by atoms with Crippen LogP contribution in [-0.4, -0.2) is 9.97 Å². The second kappa shape index (κ2) is 2.29. The smallest absolute Gasteiger partial charge is 0.0650 e. The van der Waals surface area contributed by atoms with E-state index in [-0.39, 0.29) is 0 Å². The molecule has 0 radical (unpaired) electrons. The van der Waals surface area contributed by atoms with Gasteiger partial charge in [0.15, 0.2) is 0 Å². The van der Waals surface area contributed by atoms with Crippen LogP contribution in [0.15, 0.2) is 6.20 Å². The van der Waals surface area contributed by atoms with Gasteiger partial charge in [-0.3, -0.25) is 9.97 Å². The fourth-order valence-electron chi connectivity index (χ4n) is 1.60. The summed E-state index contributed by atoms with van der Waals surface area (Å²) < 4.78 is 0. The normalized spacial score (nSPS) is 21.8. The minimum absolute atomic E-state index is 0.623. The van der Waals surface area contributed by atoms with Crippen molar-refractivity contribution in [3.63, 3.8) is 0 Å². The molecule has 0 N–H and O–H groups in total. The van der Waals surface area contributed by atoms with Crippen LogP contribution in [0.2, 0.25) is 0 Å². The van der Waals surface area contributed by atoms with Gasteiger partial charge in [0.1, 0.15) is 0 Å². The molecule has 0 unspecified atom stereocenters. The molecule has 11 heavy (non-hydrogen) atoms. The van der Waals surface area contributed by atoms with Crippen LogP contribution in [0.3, 0.4) is 0 Å². The lowest BCUT2D eigenvalue weighted by atomic mass is 10.1. The van der Waals surface area contributed by atoms with Crippen molar-refractivity contribution in [2.45, 2.75) is 32.6 Å². The molecule has 1 heterocycles. The van der Waals surface area contributed by atoms with E-state index in [2.05, 4.69) is 16.9 Å². The van der Waals surface area contributed by atoms with Gasteiger partial charge in [0.2, 0.25) is 0 Å². The zero-order chi connectivity index (χ0) is 7.84. The third-order valence-electron chi connectivity index (χ3n) is 2.28. The van der Waals surface area contributed by atoms with Crippen molar-refractivity contribution < 1.29 is 0 Å². The number of rotatable bonds is 0. The predicted octanol–water partition coefficient (Wildman–Crippen LogP) is 1.83. The minimum Gasteiger partial charge on any atom is -0.258 e. The van der Waals surface area contributed by atoms with E-state index in [0.29, 0.717) is 5.92 Å². The van der Waals surface area contributed by atoms with Gasteiger partial charge in [-0.25, -0.2) is 0 Å². The highest BCUT2D eigenvalue weighted by Gasteiger charge is 2.20.